The number of rotatable bonds is 8. The van der Waals surface area contributed by atoms with Crippen LogP contribution in [0.5, 0.6) is 11.5 Å². The molecule has 2 aromatic carbocycles. The van der Waals surface area contributed by atoms with Gasteiger partial charge in [-0.05, 0) is 47.5 Å². The van der Waals surface area contributed by atoms with Gasteiger partial charge in [0.05, 0.1) is 6.61 Å². The highest BCUT2D eigenvalue weighted by Crippen LogP contribution is 2.27. The first-order valence-electron chi connectivity index (χ1n) is 10.7. The normalized spacial score (nSPS) is 10.6. The summed E-state index contributed by atoms with van der Waals surface area (Å²) in [5.74, 6) is 0.521. The molecule has 0 aliphatic heterocycles. The Hall–Kier alpha value is -4.14. The number of nitrogens with one attached hydrogen (secondary N) is 3. The van der Waals surface area contributed by atoms with Crippen LogP contribution in [0.1, 0.15) is 26.5 Å². The first-order valence-corrected chi connectivity index (χ1v) is 11.1. The molecule has 178 valence electrons. The van der Waals surface area contributed by atoms with Gasteiger partial charge in [-0.15, -0.1) is 0 Å². The van der Waals surface area contributed by atoms with Crippen LogP contribution < -0.4 is 15.4 Å². The number of methoxy groups -OCH3 is 1. The smallest absolute Gasteiger partial charge is 0.272 e. The van der Waals surface area contributed by atoms with Gasteiger partial charge in [0, 0.05) is 48.9 Å². The van der Waals surface area contributed by atoms with E-state index in [1.54, 1.807) is 50.7 Å². The molecule has 0 aliphatic rings. The van der Waals surface area contributed by atoms with Crippen LogP contribution in [0.25, 0.3) is 11.1 Å². The second-order valence-corrected chi connectivity index (χ2v) is 8.01. The lowest BCUT2D eigenvalue weighted by Crippen LogP contribution is -2.18. The van der Waals surface area contributed by atoms with E-state index >= 15 is 0 Å². The summed E-state index contributed by atoms with van der Waals surface area (Å²) in [6, 6.07) is 17.7. The van der Waals surface area contributed by atoms with Crippen LogP contribution >= 0.6 is 11.6 Å². The molecule has 0 bridgehead atoms. The predicted octanol–water partition coefficient (Wildman–Crippen LogP) is 5.28. The lowest BCUT2D eigenvalue weighted by atomic mass is 10.1. The number of hydrogen-bond donors (Lipinski definition) is 3. The number of anilines is 1. The highest BCUT2D eigenvalue weighted by Gasteiger charge is 2.13. The maximum absolute atomic E-state index is 12.8. The molecule has 3 N–H and O–H groups in total. The number of nitrogens with zero attached hydrogens (tertiary/aromatic N) is 1. The minimum Gasteiger partial charge on any atom is -0.457 e. The second-order valence-electron chi connectivity index (χ2n) is 7.57. The standard InChI is InChI=1S/C26H23ClN4O4/c1-28-25(32)24-13-21(9-10-29-24)35-20-7-4-16(5-8-20)18-11-23(30-14-18)26(33)31-22-12-19(27)6-3-17(22)15-34-2/h3-14,30H,15H2,1-2H3,(H,28,32)(H,31,33). The molecule has 35 heavy (non-hydrogen) atoms. The third kappa shape index (κ3) is 5.87. The Kier molecular flexibility index (Phi) is 7.45. The minimum absolute atomic E-state index is 0.270. The van der Waals surface area contributed by atoms with Gasteiger partial charge >= 0.3 is 0 Å². The number of carbonyl (C=O) groups excluding carboxylic acids is 2. The molecule has 2 aromatic heterocycles. The maximum atomic E-state index is 12.8. The molecule has 9 heteroatoms. The first kappa shape index (κ1) is 24.0. The summed E-state index contributed by atoms with van der Waals surface area (Å²) in [7, 11) is 3.13. The van der Waals surface area contributed by atoms with E-state index in [9.17, 15) is 9.59 Å². The van der Waals surface area contributed by atoms with Crippen molar-refractivity contribution in [1.29, 1.82) is 0 Å². The molecular formula is C26H23ClN4O4. The molecule has 4 aromatic rings. The number of benzene rings is 2. The van der Waals surface area contributed by atoms with Crippen LogP contribution in [-0.4, -0.2) is 35.9 Å². The van der Waals surface area contributed by atoms with Gasteiger partial charge in [0.25, 0.3) is 11.8 Å². The van der Waals surface area contributed by atoms with Gasteiger partial charge < -0.3 is 25.1 Å². The van der Waals surface area contributed by atoms with Crippen molar-refractivity contribution in [3.05, 3.63) is 95.0 Å². The van der Waals surface area contributed by atoms with E-state index in [2.05, 4.69) is 20.6 Å². The molecule has 0 spiro atoms. The van der Waals surface area contributed by atoms with E-state index in [0.29, 0.717) is 34.5 Å². The van der Waals surface area contributed by atoms with Crippen molar-refractivity contribution >= 4 is 29.1 Å². The highest BCUT2D eigenvalue weighted by atomic mass is 35.5. The second kappa shape index (κ2) is 10.9. The summed E-state index contributed by atoms with van der Waals surface area (Å²) in [5.41, 5.74) is 3.84. The Balaban J connectivity index is 1.45. The van der Waals surface area contributed by atoms with Crippen molar-refractivity contribution in [1.82, 2.24) is 15.3 Å². The molecule has 0 unspecified atom stereocenters. The Morgan fingerprint density at radius 1 is 0.971 bits per heavy atom. The van der Waals surface area contributed by atoms with Gasteiger partial charge in [-0.1, -0.05) is 29.8 Å². The number of carbonyl (C=O) groups is 2. The van der Waals surface area contributed by atoms with Gasteiger partial charge in [0.15, 0.2) is 0 Å². The Bertz CT molecular complexity index is 1350. The number of aromatic amines is 1. The number of ether oxygens (including phenoxy) is 2. The molecule has 0 saturated heterocycles. The zero-order chi connectivity index (χ0) is 24.8. The topological polar surface area (TPSA) is 105 Å². The Labute approximate surface area is 207 Å². The maximum Gasteiger partial charge on any atom is 0.272 e. The molecule has 8 nitrogen and oxygen atoms in total. The fourth-order valence-corrected chi connectivity index (χ4v) is 3.58. The zero-order valence-corrected chi connectivity index (χ0v) is 19.8. The van der Waals surface area contributed by atoms with Crippen LogP contribution in [0.3, 0.4) is 0 Å². The Morgan fingerprint density at radius 3 is 2.51 bits per heavy atom. The van der Waals surface area contributed by atoms with E-state index in [1.165, 1.54) is 6.20 Å². The quantitative estimate of drug-likeness (QED) is 0.311. The van der Waals surface area contributed by atoms with E-state index in [-0.39, 0.29) is 17.5 Å². The van der Waals surface area contributed by atoms with Crippen molar-refractivity contribution in [2.75, 3.05) is 19.5 Å². The van der Waals surface area contributed by atoms with E-state index in [1.807, 2.05) is 30.3 Å². The summed E-state index contributed by atoms with van der Waals surface area (Å²) in [6.07, 6.45) is 3.28. The summed E-state index contributed by atoms with van der Waals surface area (Å²) in [6.45, 7) is 0.351. The van der Waals surface area contributed by atoms with Gasteiger partial charge in [0.2, 0.25) is 0 Å². The average Bonchev–Trinajstić information content (AvgIpc) is 3.36. The van der Waals surface area contributed by atoms with Crippen LogP contribution in [-0.2, 0) is 11.3 Å². The molecule has 2 heterocycles. The molecule has 0 atom stereocenters. The predicted molar refractivity (Wildman–Crippen MR) is 134 cm³/mol. The monoisotopic (exact) mass is 490 g/mol. The van der Waals surface area contributed by atoms with Crippen LogP contribution in [0.15, 0.2) is 73.1 Å². The summed E-state index contributed by atoms with van der Waals surface area (Å²) in [5, 5.41) is 5.93. The third-order valence-corrected chi connectivity index (χ3v) is 5.40. The number of amides is 2. The van der Waals surface area contributed by atoms with E-state index in [4.69, 9.17) is 21.1 Å². The SMILES string of the molecule is CNC(=O)c1cc(Oc2ccc(-c3c[nH]c(C(=O)Nc4cc(Cl)ccc4COC)c3)cc2)ccn1. The summed E-state index contributed by atoms with van der Waals surface area (Å²) in [4.78, 5) is 31.6. The van der Waals surface area contributed by atoms with E-state index in [0.717, 1.165) is 16.7 Å². The molecule has 0 saturated carbocycles. The fraction of sp³-hybridized carbons (Fsp3) is 0.115. The number of aromatic nitrogens is 2. The summed E-state index contributed by atoms with van der Waals surface area (Å²) >= 11 is 6.09. The molecule has 2 amide bonds. The van der Waals surface area contributed by atoms with Gasteiger partial charge in [-0.2, -0.15) is 0 Å². The number of pyridine rings is 1. The molecular weight excluding hydrogens is 468 g/mol. The van der Waals surface area contributed by atoms with Crippen molar-refractivity contribution in [2.24, 2.45) is 0 Å². The summed E-state index contributed by atoms with van der Waals surface area (Å²) < 4.78 is 11.0. The van der Waals surface area contributed by atoms with Gasteiger partial charge in [-0.25, -0.2) is 0 Å². The van der Waals surface area contributed by atoms with Crippen molar-refractivity contribution in [3.8, 4) is 22.6 Å². The minimum atomic E-state index is -0.291. The van der Waals surface area contributed by atoms with Gasteiger partial charge in [0.1, 0.15) is 22.9 Å². The van der Waals surface area contributed by atoms with Crippen LogP contribution in [0.4, 0.5) is 5.69 Å². The van der Waals surface area contributed by atoms with Crippen molar-refractivity contribution < 1.29 is 19.1 Å². The van der Waals surface area contributed by atoms with Crippen molar-refractivity contribution in [2.45, 2.75) is 6.61 Å². The average molecular weight is 491 g/mol. The number of H-pyrrole nitrogens is 1. The first-order chi connectivity index (χ1) is 17.0. The number of halogens is 1. The molecule has 4 rings (SSSR count). The van der Waals surface area contributed by atoms with Gasteiger partial charge in [-0.3, -0.25) is 14.6 Å². The fourth-order valence-electron chi connectivity index (χ4n) is 3.41. The van der Waals surface area contributed by atoms with Crippen molar-refractivity contribution in [3.63, 3.8) is 0 Å². The Morgan fingerprint density at radius 2 is 1.77 bits per heavy atom. The lowest BCUT2D eigenvalue weighted by molar-refractivity contribution is 0.0957. The van der Waals surface area contributed by atoms with Crippen LogP contribution in [0, 0.1) is 0 Å². The molecule has 0 fully saturated rings. The lowest BCUT2D eigenvalue weighted by Gasteiger charge is -2.10. The highest BCUT2D eigenvalue weighted by molar-refractivity contribution is 6.31. The zero-order valence-electron chi connectivity index (χ0n) is 19.1. The molecule has 0 aliphatic carbocycles. The van der Waals surface area contributed by atoms with Crippen LogP contribution in [0.2, 0.25) is 5.02 Å². The van der Waals surface area contributed by atoms with E-state index < -0.39 is 0 Å². The number of hydrogen-bond acceptors (Lipinski definition) is 5. The molecule has 0 radical (unpaired) electrons. The largest absolute Gasteiger partial charge is 0.457 e. The third-order valence-electron chi connectivity index (χ3n) is 5.16.